The fourth-order valence-electron chi connectivity index (χ4n) is 1.35. The molecular weight excluding hydrogens is 272 g/mol. The molecule has 110 valence electrons. The Morgan fingerprint density at radius 2 is 1.11 bits per heavy atom. The monoisotopic (exact) mass is 286 g/mol. The van der Waals surface area contributed by atoms with Crippen LogP contribution in [0.2, 0.25) is 0 Å². The molecular formula is C10H14F8. The summed E-state index contributed by atoms with van der Waals surface area (Å²) in [5.74, 6) is -19.4. The Labute approximate surface area is 99.3 Å². The standard InChI is InChI=1S/C10H14F8/c1-7(11,12)4-6(8(2,13)14)5-10(17,18)9(3,15)16/h6H,4-5H2,1-3H3. The van der Waals surface area contributed by atoms with Crippen LogP contribution < -0.4 is 0 Å². The van der Waals surface area contributed by atoms with E-state index in [0.29, 0.717) is 0 Å². The molecule has 0 aliphatic heterocycles. The molecule has 0 aliphatic carbocycles. The molecule has 0 nitrogen and oxygen atoms in total. The smallest absolute Gasteiger partial charge is 0.207 e. The van der Waals surface area contributed by atoms with Crippen molar-refractivity contribution >= 4 is 0 Å². The number of alkyl halides is 8. The Bertz CT molecular complexity index is 267. The fraction of sp³-hybridized carbons (Fsp3) is 1.00. The summed E-state index contributed by atoms with van der Waals surface area (Å²) in [5, 5.41) is 0. The lowest BCUT2D eigenvalue weighted by Gasteiger charge is -2.31. The Morgan fingerprint density at radius 1 is 0.722 bits per heavy atom. The molecule has 0 N–H and O–H groups in total. The third-order valence-corrected chi connectivity index (χ3v) is 2.47. The molecule has 0 bridgehead atoms. The van der Waals surface area contributed by atoms with E-state index in [0.717, 1.165) is 0 Å². The van der Waals surface area contributed by atoms with Crippen LogP contribution in [0.4, 0.5) is 35.1 Å². The van der Waals surface area contributed by atoms with Crippen LogP contribution in [0.25, 0.3) is 0 Å². The first-order chi connectivity index (χ1) is 7.56. The topological polar surface area (TPSA) is 0 Å². The normalized spacial score (nSPS) is 16.8. The molecule has 0 spiro atoms. The molecule has 0 radical (unpaired) electrons. The largest absolute Gasteiger partial charge is 0.310 e. The first-order valence-corrected chi connectivity index (χ1v) is 5.07. The minimum atomic E-state index is -4.76. The summed E-state index contributed by atoms with van der Waals surface area (Å²) in [7, 11) is 0. The van der Waals surface area contributed by atoms with Crippen LogP contribution in [0.5, 0.6) is 0 Å². The van der Waals surface area contributed by atoms with Gasteiger partial charge in [0.1, 0.15) is 0 Å². The maximum Gasteiger partial charge on any atom is 0.310 e. The highest BCUT2D eigenvalue weighted by Gasteiger charge is 2.56. The van der Waals surface area contributed by atoms with Crippen molar-refractivity contribution in [2.75, 3.05) is 0 Å². The summed E-state index contributed by atoms with van der Waals surface area (Å²) in [4.78, 5) is 0. The number of halogens is 8. The molecule has 0 aromatic rings. The average Bonchev–Trinajstić information content (AvgIpc) is 1.95. The van der Waals surface area contributed by atoms with Gasteiger partial charge in [-0.15, -0.1) is 0 Å². The Balaban J connectivity index is 5.05. The van der Waals surface area contributed by atoms with Gasteiger partial charge in [-0.25, -0.2) is 26.3 Å². The highest BCUT2D eigenvalue weighted by Crippen LogP contribution is 2.45. The summed E-state index contributed by atoms with van der Waals surface area (Å²) in [6, 6.07) is 0. The van der Waals surface area contributed by atoms with E-state index < -0.39 is 42.4 Å². The van der Waals surface area contributed by atoms with Crippen LogP contribution in [0.15, 0.2) is 0 Å². The molecule has 0 fully saturated rings. The van der Waals surface area contributed by atoms with Crippen molar-refractivity contribution in [1.29, 1.82) is 0 Å². The van der Waals surface area contributed by atoms with E-state index in [4.69, 9.17) is 0 Å². The summed E-state index contributed by atoms with van der Waals surface area (Å²) in [6.07, 6.45) is -3.58. The second-order valence-corrected chi connectivity index (χ2v) is 4.72. The Morgan fingerprint density at radius 3 is 1.33 bits per heavy atom. The first kappa shape index (κ1) is 17.4. The molecule has 1 atom stereocenters. The van der Waals surface area contributed by atoms with Crippen LogP contribution in [-0.2, 0) is 0 Å². The maximum atomic E-state index is 13.0. The molecule has 0 heterocycles. The van der Waals surface area contributed by atoms with E-state index in [1.807, 2.05) is 0 Å². The number of rotatable bonds is 6. The van der Waals surface area contributed by atoms with Gasteiger partial charge in [0.15, 0.2) is 0 Å². The highest BCUT2D eigenvalue weighted by atomic mass is 19.3. The molecule has 0 saturated heterocycles. The van der Waals surface area contributed by atoms with Crippen LogP contribution in [0.3, 0.4) is 0 Å². The van der Waals surface area contributed by atoms with Crippen molar-refractivity contribution in [1.82, 2.24) is 0 Å². The average molecular weight is 286 g/mol. The summed E-state index contributed by atoms with van der Waals surface area (Å²) >= 11 is 0. The van der Waals surface area contributed by atoms with E-state index >= 15 is 0 Å². The Hall–Kier alpha value is -0.560. The lowest BCUT2D eigenvalue weighted by atomic mass is 9.88. The first-order valence-electron chi connectivity index (χ1n) is 5.07. The molecule has 0 saturated carbocycles. The van der Waals surface area contributed by atoms with Crippen molar-refractivity contribution in [3.05, 3.63) is 0 Å². The zero-order valence-electron chi connectivity index (χ0n) is 10.0. The van der Waals surface area contributed by atoms with Gasteiger partial charge in [-0.1, -0.05) is 0 Å². The van der Waals surface area contributed by atoms with Gasteiger partial charge in [0.05, 0.1) is 0 Å². The van der Waals surface area contributed by atoms with E-state index in [9.17, 15) is 35.1 Å². The molecule has 0 aromatic heterocycles. The molecule has 0 aliphatic rings. The van der Waals surface area contributed by atoms with E-state index in [1.54, 1.807) is 0 Å². The summed E-state index contributed by atoms with van der Waals surface area (Å²) in [5.41, 5.74) is 0. The quantitative estimate of drug-likeness (QED) is 0.604. The zero-order valence-corrected chi connectivity index (χ0v) is 10.0. The van der Waals surface area contributed by atoms with Gasteiger partial charge < -0.3 is 0 Å². The molecule has 0 aromatic carbocycles. The predicted octanol–water partition coefficient (Wildman–Crippen LogP) is 4.98. The van der Waals surface area contributed by atoms with E-state index in [1.165, 1.54) is 0 Å². The van der Waals surface area contributed by atoms with Crippen molar-refractivity contribution in [3.8, 4) is 0 Å². The minimum Gasteiger partial charge on any atom is -0.207 e. The van der Waals surface area contributed by atoms with Crippen molar-refractivity contribution in [2.45, 2.75) is 57.3 Å². The van der Waals surface area contributed by atoms with Crippen molar-refractivity contribution in [3.63, 3.8) is 0 Å². The minimum absolute atomic E-state index is 0.137. The van der Waals surface area contributed by atoms with Crippen LogP contribution in [0.1, 0.15) is 33.6 Å². The van der Waals surface area contributed by atoms with Crippen molar-refractivity contribution in [2.24, 2.45) is 5.92 Å². The van der Waals surface area contributed by atoms with Gasteiger partial charge >= 0.3 is 11.8 Å². The van der Waals surface area contributed by atoms with Crippen LogP contribution >= 0.6 is 0 Å². The molecule has 0 amide bonds. The second kappa shape index (κ2) is 4.85. The molecule has 0 rings (SSSR count). The van der Waals surface area contributed by atoms with E-state index in [2.05, 4.69) is 0 Å². The highest BCUT2D eigenvalue weighted by molar-refractivity contribution is 4.88. The fourth-order valence-corrected chi connectivity index (χ4v) is 1.35. The summed E-state index contributed by atoms with van der Waals surface area (Å²) in [6.45, 7) is 0.295. The maximum absolute atomic E-state index is 13.0. The van der Waals surface area contributed by atoms with Gasteiger partial charge in [0, 0.05) is 25.7 Å². The lowest BCUT2D eigenvalue weighted by Crippen LogP contribution is -2.43. The van der Waals surface area contributed by atoms with Gasteiger partial charge in [0.2, 0.25) is 11.8 Å². The zero-order chi connectivity index (χ0) is 15.0. The van der Waals surface area contributed by atoms with Gasteiger partial charge in [0.25, 0.3) is 0 Å². The summed E-state index contributed by atoms with van der Waals surface area (Å²) < 4.78 is 102. The van der Waals surface area contributed by atoms with Gasteiger partial charge in [-0.3, -0.25) is 0 Å². The molecule has 8 heteroatoms. The SMILES string of the molecule is CC(F)(F)CC(CC(F)(F)C(C)(F)F)C(C)(F)F. The second-order valence-electron chi connectivity index (χ2n) is 4.72. The van der Waals surface area contributed by atoms with E-state index in [-0.39, 0.29) is 20.8 Å². The van der Waals surface area contributed by atoms with Gasteiger partial charge in [-0.05, 0) is 13.8 Å². The predicted molar refractivity (Wildman–Crippen MR) is 49.5 cm³/mol. The van der Waals surface area contributed by atoms with Crippen LogP contribution in [0, 0.1) is 5.92 Å². The lowest BCUT2D eigenvalue weighted by molar-refractivity contribution is -0.222. The van der Waals surface area contributed by atoms with Crippen LogP contribution in [-0.4, -0.2) is 23.7 Å². The van der Waals surface area contributed by atoms with Crippen molar-refractivity contribution < 1.29 is 35.1 Å². The third-order valence-electron chi connectivity index (χ3n) is 2.47. The van der Waals surface area contributed by atoms with Gasteiger partial charge in [-0.2, -0.15) is 8.78 Å². The third kappa shape index (κ3) is 5.39. The number of hydrogen-bond donors (Lipinski definition) is 0. The Kier molecular flexibility index (Phi) is 4.69. The molecule has 18 heavy (non-hydrogen) atoms. The molecule has 1 unspecified atom stereocenters. The number of hydrogen-bond acceptors (Lipinski definition) is 0.